The van der Waals surface area contributed by atoms with Gasteiger partial charge in [-0.15, -0.1) is 11.3 Å². The van der Waals surface area contributed by atoms with Gasteiger partial charge in [-0.25, -0.2) is 14.6 Å². The maximum absolute atomic E-state index is 11.1. The second kappa shape index (κ2) is 8.64. The second-order valence-corrected chi connectivity index (χ2v) is 6.07. The number of ether oxygens (including phenoxy) is 1. The van der Waals surface area contributed by atoms with Gasteiger partial charge in [0.2, 0.25) is 0 Å². The molecule has 0 spiro atoms. The molecule has 112 valence electrons. The van der Waals surface area contributed by atoms with Gasteiger partial charge < -0.3 is 15.6 Å². The summed E-state index contributed by atoms with van der Waals surface area (Å²) in [6.45, 7) is 5.37. The number of Topliss-reactive ketones (excluding diaryl/α,β-unsaturated/α-hetero) is 1. The molecule has 0 amide bonds. The SMILES string of the molecule is CC(Br)C(=O)C(=O)O.CCOC(=O)c1nc(N)sc1C. The average Bonchev–Trinajstić information content (AvgIpc) is 2.68. The minimum Gasteiger partial charge on any atom is -0.475 e. The second-order valence-electron chi connectivity index (χ2n) is 3.46. The Kier molecular flexibility index (Phi) is 8.00. The van der Waals surface area contributed by atoms with Crippen LogP contribution in [0.15, 0.2) is 0 Å². The summed E-state index contributed by atoms with van der Waals surface area (Å²) in [5.74, 6) is -2.61. The number of carbonyl (C=O) groups is 3. The van der Waals surface area contributed by atoms with Crippen LogP contribution in [0, 0.1) is 6.92 Å². The van der Waals surface area contributed by atoms with E-state index in [2.05, 4.69) is 20.9 Å². The first-order chi connectivity index (χ1) is 9.20. The highest BCUT2D eigenvalue weighted by molar-refractivity contribution is 9.10. The molecule has 0 bridgehead atoms. The highest BCUT2D eigenvalue weighted by atomic mass is 79.9. The number of hydrogen-bond donors (Lipinski definition) is 2. The lowest BCUT2D eigenvalue weighted by atomic mass is 10.3. The molecule has 3 N–H and O–H groups in total. The van der Waals surface area contributed by atoms with Crippen LogP contribution in [-0.2, 0) is 14.3 Å². The molecule has 0 fully saturated rings. The minimum atomic E-state index is -1.39. The quantitative estimate of drug-likeness (QED) is 0.471. The Morgan fingerprint density at radius 2 is 2.05 bits per heavy atom. The van der Waals surface area contributed by atoms with E-state index in [1.54, 1.807) is 13.8 Å². The van der Waals surface area contributed by atoms with Crippen LogP contribution in [-0.4, -0.2) is 39.2 Å². The van der Waals surface area contributed by atoms with Gasteiger partial charge in [0.1, 0.15) is 0 Å². The van der Waals surface area contributed by atoms with Crippen molar-refractivity contribution in [3.63, 3.8) is 0 Å². The number of nitrogen functional groups attached to an aromatic ring is 1. The van der Waals surface area contributed by atoms with E-state index in [9.17, 15) is 14.4 Å². The smallest absolute Gasteiger partial charge is 0.373 e. The number of nitrogens with zero attached hydrogens (tertiary/aromatic N) is 1. The van der Waals surface area contributed by atoms with Crippen molar-refractivity contribution < 1.29 is 24.2 Å². The Hall–Kier alpha value is -1.48. The lowest BCUT2D eigenvalue weighted by Crippen LogP contribution is -2.20. The number of carboxylic acids is 1. The Morgan fingerprint density at radius 1 is 1.50 bits per heavy atom. The van der Waals surface area contributed by atoms with E-state index in [1.807, 2.05) is 0 Å². The zero-order chi connectivity index (χ0) is 15.9. The largest absolute Gasteiger partial charge is 0.475 e. The number of aromatic nitrogens is 1. The molecule has 0 aliphatic carbocycles. The van der Waals surface area contributed by atoms with E-state index in [0.29, 0.717) is 17.4 Å². The summed E-state index contributed by atoms with van der Waals surface area (Å²) in [6, 6.07) is 0. The zero-order valence-corrected chi connectivity index (χ0v) is 13.6. The first kappa shape index (κ1) is 18.5. The van der Waals surface area contributed by atoms with Gasteiger partial charge in [-0.3, -0.25) is 4.79 Å². The van der Waals surface area contributed by atoms with Crippen molar-refractivity contribution in [1.29, 1.82) is 0 Å². The number of anilines is 1. The van der Waals surface area contributed by atoms with Crippen LogP contribution in [0.25, 0.3) is 0 Å². The van der Waals surface area contributed by atoms with Gasteiger partial charge >= 0.3 is 11.9 Å². The normalized spacial score (nSPS) is 11.0. The van der Waals surface area contributed by atoms with Crippen LogP contribution < -0.4 is 5.73 Å². The van der Waals surface area contributed by atoms with Crippen molar-refractivity contribution in [2.45, 2.75) is 25.6 Å². The molecule has 1 atom stereocenters. The van der Waals surface area contributed by atoms with Crippen LogP contribution in [0.2, 0.25) is 0 Å². The highest BCUT2D eigenvalue weighted by Crippen LogP contribution is 2.19. The van der Waals surface area contributed by atoms with Gasteiger partial charge in [-0.1, -0.05) is 15.9 Å². The van der Waals surface area contributed by atoms with Crippen LogP contribution in [0.3, 0.4) is 0 Å². The molecule has 7 nitrogen and oxygen atoms in total. The Bertz CT molecular complexity index is 501. The van der Waals surface area contributed by atoms with Crippen molar-refractivity contribution in [2.24, 2.45) is 0 Å². The first-order valence-corrected chi connectivity index (χ1v) is 7.25. The lowest BCUT2D eigenvalue weighted by Gasteiger charge is -1.97. The topological polar surface area (TPSA) is 120 Å². The molecular formula is C11H15BrN2O5S. The lowest BCUT2D eigenvalue weighted by molar-refractivity contribution is -0.148. The van der Waals surface area contributed by atoms with Crippen molar-refractivity contribution in [1.82, 2.24) is 4.98 Å². The third-order valence-corrected chi connectivity index (χ3v) is 3.07. The summed E-state index contributed by atoms with van der Waals surface area (Å²) in [7, 11) is 0. The fraction of sp³-hybridized carbons (Fsp3) is 0.455. The van der Waals surface area contributed by atoms with E-state index >= 15 is 0 Å². The number of carboxylic acid groups (broad SMARTS) is 1. The number of alkyl halides is 1. The molecule has 1 aromatic heterocycles. The summed E-state index contributed by atoms with van der Waals surface area (Å²) in [6.07, 6.45) is 0. The van der Waals surface area contributed by atoms with Crippen molar-refractivity contribution in [3.05, 3.63) is 10.6 Å². The third-order valence-electron chi connectivity index (χ3n) is 1.85. The molecule has 1 unspecified atom stereocenters. The maximum atomic E-state index is 11.1. The third kappa shape index (κ3) is 6.11. The van der Waals surface area contributed by atoms with Crippen molar-refractivity contribution in [2.75, 3.05) is 12.3 Å². The first-order valence-electron chi connectivity index (χ1n) is 5.51. The average molecular weight is 367 g/mol. The summed E-state index contributed by atoms with van der Waals surface area (Å²) >= 11 is 4.10. The Balaban J connectivity index is 0.000000396. The number of halogens is 1. The van der Waals surface area contributed by atoms with Crippen molar-refractivity contribution >= 4 is 50.1 Å². The number of thiazole rings is 1. The van der Waals surface area contributed by atoms with Gasteiger partial charge in [0.15, 0.2) is 10.8 Å². The van der Waals surface area contributed by atoms with Gasteiger partial charge in [-0.05, 0) is 20.8 Å². The van der Waals surface area contributed by atoms with Crippen molar-refractivity contribution in [3.8, 4) is 0 Å². The summed E-state index contributed by atoms with van der Waals surface area (Å²) < 4.78 is 4.77. The van der Waals surface area contributed by atoms with Crippen LogP contribution >= 0.6 is 27.3 Å². The van der Waals surface area contributed by atoms with Gasteiger partial charge in [0.25, 0.3) is 5.78 Å². The van der Waals surface area contributed by atoms with E-state index in [0.717, 1.165) is 4.88 Å². The summed E-state index contributed by atoms with van der Waals surface area (Å²) in [4.78, 5) is 35.2. The molecule has 0 aromatic carbocycles. The fourth-order valence-electron chi connectivity index (χ4n) is 0.976. The van der Waals surface area contributed by atoms with Crippen LogP contribution in [0.1, 0.15) is 29.2 Å². The Labute approximate surface area is 128 Å². The van der Waals surface area contributed by atoms with E-state index in [4.69, 9.17) is 15.6 Å². The molecule has 20 heavy (non-hydrogen) atoms. The monoisotopic (exact) mass is 366 g/mol. The molecule has 1 aromatic rings. The molecule has 0 saturated heterocycles. The van der Waals surface area contributed by atoms with Crippen LogP contribution in [0.5, 0.6) is 0 Å². The van der Waals surface area contributed by atoms with E-state index in [1.165, 1.54) is 18.3 Å². The number of esters is 1. The summed E-state index contributed by atoms with van der Waals surface area (Å²) in [5.41, 5.74) is 5.75. The van der Waals surface area contributed by atoms with Gasteiger partial charge in [0, 0.05) is 4.88 Å². The van der Waals surface area contributed by atoms with Gasteiger partial charge in [-0.2, -0.15) is 0 Å². The van der Waals surface area contributed by atoms with Gasteiger partial charge in [0.05, 0.1) is 11.4 Å². The molecule has 0 saturated carbocycles. The number of ketones is 1. The standard InChI is InChI=1S/C7H10N2O2S.C4H5BrO3/c1-3-11-6(10)5-4(2)12-7(8)9-5;1-2(5)3(6)4(7)8/h3H2,1-2H3,(H2,8,9);2H,1H3,(H,7,8). The molecule has 9 heteroatoms. The number of nitrogens with two attached hydrogens (primary N) is 1. The number of carbonyl (C=O) groups excluding carboxylic acids is 2. The molecule has 0 aliphatic heterocycles. The molecule has 1 heterocycles. The molecular weight excluding hydrogens is 352 g/mol. The van der Waals surface area contributed by atoms with Crippen LogP contribution in [0.4, 0.5) is 5.13 Å². The maximum Gasteiger partial charge on any atom is 0.373 e. The zero-order valence-electron chi connectivity index (χ0n) is 11.2. The fourth-order valence-corrected chi connectivity index (χ4v) is 1.85. The number of aryl methyl sites for hydroxylation is 1. The minimum absolute atomic E-state index is 0.333. The molecule has 0 radical (unpaired) electrons. The molecule has 1 rings (SSSR count). The number of hydrogen-bond acceptors (Lipinski definition) is 7. The molecule has 0 aliphatic rings. The van der Waals surface area contributed by atoms with E-state index in [-0.39, 0.29) is 0 Å². The summed E-state index contributed by atoms with van der Waals surface area (Å²) in [5, 5.41) is 8.37. The number of rotatable bonds is 4. The Morgan fingerprint density at radius 3 is 2.30 bits per heavy atom. The number of aliphatic carboxylic acids is 1. The highest BCUT2D eigenvalue weighted by Gasteiger charge is 2.16. The van der Waals surface area contributed by atoms with E-state index < -0.39 is 22.5 Å². The predicted molar refractivity (Wildman–Crippen MR) is 78.3 cm³/mol. The predicted octanol–water partition coefficient (Wildman–Crippen LogP) is 1.63.